The Morgan fingerprint density at radius 3 is 2.20 bits per heavy atom. The number of hydrogen-bond acceptors (Lipinski definition) is 12. The van der Waals surface area contributed by atoms with Crippen LogP contribution in [0, 0.1) is 0 Å². The Morgan fingerprint density at radius 2 is 1.49 bits per heavy atom. The number of unbranched alkanes of at least 4 members (excludes halogenated alkanes) is 3. The van der Waals surface area contributed by atoms with Crippen molar-refractivity contribution in [2.45, 2.75) is 89.8 Å². The Hall–Kier alpha value is -5.25. The molecule has 15 heteroatoms. The lowest BCUT2D eigenvalue weighted by atomic mass is 9.86. The van der Waals surface area contributed by atoms with Gasteiger partial charge in [0.1, 0.15) is 16.9 Å². The van der Waals surface area contributed by atoms with Crippen molar-refractivity contribution in [3.63, 3.8) is 0 Å². The van der Waals surface area contributed by atoms with E-state index in [0.717, 1.165) is 53.9 Å². The maximum atomic E-state index is 13.0. The third-order valence-corrected chi connectivity index (χ3v) is 9.81. The van der Waals surface area contributed by atoms with Crippen molar-refractivity contribution < 1.29 is 38.4 Å². The molecule has 1 amide bonds. The number of nitrogens with zero attached hydrogens (tertiary/aromatic N) is 4. The van der Waals surface area contributed by atoms with E-state index in [1.54, 1.807) is 17.3 Å². The minimum absolute atomic E-state index is 0.00308. The first-order valence-corrected chi connectivity index (χ1v) is 20.6. The van der Waals surface area contributed by atoms with E-state index in [1.807, 2.05) is 57.2 Å². The van der Waals surface area contributed by atoms with Gasteiger partial charge in [-0.2, -0.15) is 0 Å². The number of carboxylic acid groups (broad SMARTS) is 1. The number of rotatable bonds is 24. The number of amides is 1. The van der Waals surface area contributed by atoms with Crippen LogP contribution in [0.25, 0.3) is 11.4 Å². The number of aromatic nitrogens is 4. The van der Waals surface area contributed by atoms with E-state index in [-0.39, 0.29) is 25.2 Å². The molecule has 4 N–H and O–H groups in total. The molecule has 15 nitrogen and oxygen atoms in total. The second kappa shape index (κ2) is 22.8. The van der Waals surface area contributed by atoms with E-state index in [9.17, 15) is 9.59 Å². The highest BCUT2D eigenvalue weighted by Crippen LogP contribution is 2.37. The molecule has 59 heavy (non-hydrogen) atoms. The van der Waals surface area contributed by atoms with E-state index in [0.29, 0.717) is 77.2 Å². The van der Waals surface area contributed by atoms with Gasteiger partial charge in [-0.3, -0.25) is 9.78 Å². The Labute approximate surface area is 347 Å². The molecule has 1 aliphatic rings. The summed E-state index contributed by atoms with van der Waals surface area (Å²) in [6.45, 7) is 12.1. The Morgan fingerprint density at radius 1 is 0.831 bits per heavy atom. The topological polar surface area (TPSA) is 182 Å². The average Bonchev–Trinajstić information content (AvgIpc) is 3.72. The summed E-state index contributed by atoms with van der Waals surface area (Å²) in [4.78, 5) is 32.8. The van der Waals surface area contributed by atoms with Crippen LogP contribution in [0.2, 0.25) is 0 Å². The van der Waals surface area contributed by atoms with Crippen LogP contribution in [-0.2, 0) is 29.3 Å². The van der Waals surface area contributed by atoms with Crippen LogP contribution in [0.1, 0.15) is 90.1 Å². The van der Waals surface area contributed by atoms with Gasteiger partial charge in [0, 0.05) is 55.1 Å². The first-order chi connectivity index (χ1) is 28.5. The van der Waals surface area contributed by atoms with E-state index in [2.05, 4.69) is 62.0 Å². The van der Waals surface area contributed by atoms with Gasteiger partial charge in [0.05, 0.1) is 46.1 Å². The predicted octanol–water partition coefficient (Wildman–Crippen LogP) is 7.84. The molecule has 320 valence electrons. The van der Waals surface area contributed by atoms with Gasteiger partial charge in [0.25, 0.3) is 0 Å². The molecule has 1 fully saturated rings. The molecular weight excluding hydrogens is 755 g/mol. The number of piperidine rings is 1. The van der Waals surface area contributed by atoms with Crippen LogP contribution in [0.5, 0.6) is 5.75 Å². The van der Waals surface area contributed by atoms with Gasteiger partial charge in [-0.25, -0.2) is 4.79 Å². The van der Waals surface area contributed by atoms with Gasteiger partial charge < -0.3 is 49.3 Å². The lowest BCUT2D eigenvalue weighted by molar-refractivity contribution is -0.138. The molecule has 0 radical (unpaired) electrons. The van der Waals surface area contributed by atoms with Crippen LogP contribution in [0.3, 0.4) is 0 Å². The van der Waals surface area contributed by atoms with Gasteiger partial charge in [-0.1, -0.05) is 24.6 Å². The van der Waals surface area contributed by atoms with Crippen LogP contribution < -0.4 is 15.4 Å². The number of nitrogens with one attached hydrogen (secondary N) is 3. The van der Waals surface area contributed by atoms with Crippen molar-refractivity contribution in [3.8, 4) is 17.1 Å². The second-order valence-electron chi connectivity index (χ2n) is 15.7. The first-order valence-electron chi connectivity index (χ1n) is 20.6. The van der Waals surface area contributed by atoms with E-state index in [1.165, 1.54) is 0 Å². The zero-order valence-electron chi connectivity index (χ0n) is 34.9. The largest absolute Gasteiger partial charge is 0.494 e. The molecule has 1 saturated heterocycles. The normalized spacial score (nSPS) is 14.4. The maximum absolute atomic E-state index is 13.0. The average molecular weight is 816 g/mol. The number of H-pyrrole nitrogens is 1. The van der Waals surface area contributed by atoms with E-state index < -0.39 is 17.1 Å². The Bertz CT molecular complexity index is 1860. The van der Waals surface area contributed by atoms with Gasteiger partial charge in [0.2, 0.25) is 0 Å². The number of pyridine rings is 1. The lowest BCUT2D eigenvalue weighted by Gasteiger charge is -2.41. The van der Waals surface area contributed by atoms with Crippen molar-refractivity contribution in [2.24, 2.45) is 0 Å². The number of benzene rings is 2. The van der Waals surface area contributed by atoms with E-state index >= 15 is 0 Å². The SMILES string of the molecule is C[C@@H](Nc1cccc(NC2(c3nnc(-c4ccncc4)[nH]3)CCN(C(=O)OC(C)(C)C)CC2)c1)c1cccc(OCCCCCCOCCOCCOCCC(=O)O)c1. The molecule has 1 aliphatic heterocycles. The monoisotopic (exact) mass is 815 g/mol. The molecule has 2 aromatic heterocycles. The Balaban J connectivity index is 1.08. The molecule has 0 unspecified atom stereocenters. The fourth-order valence-electron chi connectivity index (χ4n) is 6.66. The number of carboxylic acids is 1. The minimum Gasteiger partial charge on any atom is -0.494 e. The van der Waals surface area contributed by atoms with Gasteiger partial charge in [0.15, 0.2) is 11.6 Å². The molecule has 1 atom stereocenters. The molecule has 0 saturated carbocycles. The highest BCUT2D eigenvalue weighted by molar-refractivity contribution is 5.68. The number of aliphatic carboxylic acids is 1. The molecule has 3 heterocycles. The first kappa shape index (κ1) is 44.8. The fraction of sp³-hybridized carbons (Fsp3) is 0.523. The summed E-state index contributed by atoms with van der Waals surface area (Å²) in [5.74, 6) is 1.35. The number of aromatic amines is 1. The van der Waals surface area contributed by atoms with Crippen molar-refractivity contribution in [1.82, 2.24) is 25.1 Å². The second-order valence-corrected chi connectivity index (χ2v) is 15.7. The number of likely N-dealkylation sites (tertiary alicyclic amines) is 1. The third-order valence-electron chi connectivity index (χ3n) is 9.81. The molecule has 0 bridgehead atoms. The third kappa shape index (κ3) is 15.1. The molecule has 5 rings (SSSR count). The standard InChI is InChI=1S/C44H61N7O8/c1-33(35-11-9-14-38(31-35)58-25-8-6-5-7-24-55-27-29-57-30-28-56-26-17-39(52)53)46-36-12-10-13-37(32-36)48-44(18-22-51(23-19-44)42(54)59-43(2,3)4)41-47-40(49-50-41)34-15-20-45-21-16-34/h9-16,20-21,31-33,46,48H,5-8,17-19,22-30H2,1-4H3,(H,52,53)(H,47,49,50)/t33-/m1/s1. The van der Waals surface area contributed by atoms with Crippen molar-refractivity contribution >= 4 is 23.4 Å². The minimum atomic E-state index is -0.866. The molecular formula is C44H61N7O8. The number of carbonyl (C=O) groups is 2. The molecule has 2 aromatic carbocycles. The molecule has 0 spiro atoms. The summed E-state index contributed by atoms with van der Waals surface area (Å²) in [6.07, 6.45) is 8.40. The summed E-state index contributed by atoms with van der Waals surface area (Å²) in [6, 6.07) is 20.2. The van der Waals surface area contributed by atoms with E-state index in [4.69, 9.17) is 28.8 Å². The van der Waals surface area contributed by atoms with Crippen LogP contribution >= 0.6 is 0 Å². The van der Waals surface area contributed by atoms with Crippen LogP contribution in [0.4, 0.5) is 16.2 Å². The number of anilines is 2. The van der Waals surface area contributed by atoms with Crippen LogP contribution in [-0.4, -0.2) is 107 Å². The summed E-state index contributed by atoms with van der Waals surface area (Å²) in [7, 11) is 0. The number of hydrogen-bond donors (Lipinski definition) is 4. The maximum Gasteiger partial charge on any atom is 0.410 e. The van der Waals surface area contributed by atoms with Crippen molar-refractivity contribution in [3.05, 3.63) is 84.4 Å². The van der Waals surface area contributed by atoms with Gasteiger partial charge >= 0.3 is 12.1 Å². The fourth-order valence-corrected chi connectivity index (χ4v) is 6.66. The summed E-state index contributed by atoms with van der Waals surface area (Å²) in [5, 5.41) is 25.2. The van der Waals surface area contributed by atoms with Crippen molar-refractivity contribution in [1.29, 1.82) is 0 Å². The predicted molar refractivity (Wildman–Crippen MR) is 226 cm³/mol. The zero-order chi connectivity index (χ0) is 41.9. The molecule has 4 aromatic rings. The zero-order valence-corrected chi connectivity index (χ0v) is 34.9. The van der Waals surface area contributed by atoms with Crippen LogP contribution in [0.15, 0.2) is 73.1 Å². The highest BCUT2D eigenvalue weighted by Gasteiger charge is 2.41. The number of ether oxygens (including phenoxy) is 5. The summed E-state index contributed by atoms with van der Waals surface area (Å²) in [5.41, 5.74) is 2.70. The quantitative estimate of drug-likeness (QED) is 0.0503. The molecule has 0 aliphatic carbocycles. The number of carbonyl (C=O) groups excluding carboxylic acids is 1. The van der Waals surface area contributed by atoms with Gasteiger partial charge in [-0.05, 0) is 108 Å². The van der Waals surface area contributed by atoms with Crippen molar-refractivity contribution in [2.75, 3.05) is 70.0 Å². The Kier molecular flexibility index (Phi) is 17.3. The highest BCUT2D eigenvalue weighted by atomic mass is 16.6. The lowest BCUT2D eigenvalue weighted by Crippen LogP contribution is -2.50. The van der Waals surface area contributed by atoms with Gasteiger partial charge in [-0.15, -0.1) is 10.2 Å². The smallest absolute Gasteiger partial charge is 0.410 e. The summed E-state index contributed by atoms with van der Waals surface area (Å²) >= 11 is 0. The summed E-state index contributed by atoms with van der Waals surface area (Å²) < 4.78 is 28.1.